The molecule has 2 rings (SSSR count). The SMILES string of the molecule is CC(C)Oc1cc(N2CCC(N)C2C)ncn1. The van der Waals surface area contributed by atoms with Gasteiger partial charge in [-0.15, -0.1) is 0 Å². The molecule has 0 bridgehead atoms. The third kappa shape index (κ3) is 2.66. The maximum atomic E-state index is 6.01. The van der Waals surface area contributed by atoms with Gasteiger partial charge < -0.3 is 15.4 Å². The molecule has 1 fully saturated rings. The van der Waals surface area contributed by atoms with Gasteiger partial charge in [0.1, 0.15) is 12.1 Å². The van der Waals surface area contributed by atoms with Crippen LogP contribution in [0.1, 0.15) is 27.2 Å². The van der Waals surface area contributed by atoms with Crippen molar-refractivity contribution in [1.29, 1.82) is 0 Å². The van der Waals surface area contributed by atoms with E-state index in [2.05, 4.69) is 21.8 Å². The molecule has 1 aliphatic heterocycles. The highest BCUT2D eigenvalue weighted by atomic mass is 16.5. The van der Waals surface area contributed by atoms with Gasteiger partial charge in [0.15, 0.2) is 0 Å². The lowest BCUT2D eigenvalue weighted by molar-refractivity contribution is 0.232. The minimum absolute atomic E-state index is 0.121. The van der Waals surface area contributed by atoms with Gasteiger partial charge in [0.05, 0.1) is 6.10 Å². The van der Waals surface area contributed by atoms with Gasteiger partial charge >= 0.3 is 0 Å². The second-order valence-electron chi connectivity index (χ2n) is 4.77. The van der Waals surface area contributed by atoms with Gasteiger partial charge in [-0.3, -0.25) is 0 Å². The smallest absolute Gasteiger partial charge is 0.218 e. The van der Waals surface area contributed by atoms with Crippen LogP contribution in [0, 0.1) is 0 Å². The van der Waals surface area contributed by atoms with Crippen molar-refractivity contribution in [2.45, 2.75) is 45.4 Å². The molecule has 2 heterocycles. The molecule has 2 atom stereocenters. The number of rotatable bonds is 3. The third-order valence-electron chi connectivity index (χ3n) is 3.09. The molecular weight excluding hydrogens is 216 g/mol. The number of hydrogen-bond donors (Lipinski definition) is 1. The molecule has 0 spiro atoms. The Balaban J connectivity index is 2.16. The molecule has 0 aromatic carbocycles. The van der Waals surface area contributed by atoms with Crippen molar-refractivity contribution < 1.29 is 4.74 Å². The summed E-state index contributed by atoms with van der Waals surface area (Å²) in [4.78, 5) is 10.6. The Morgan fingerprint density at radius 2 is 2.24 bits per heavy atom. The topological polar surface area (TPSA) is 64.3 Å². The van der Waals surface area contributed by atoms with Crippen molar-refractivity contribution in [3.8, 4) is 5.88 Å². The first-order chi connectivity index (χ1) is 8.08. The Hall–Kier alpha value is -1.36. The van der Waals surface area contributed by atoms with E-state index in [0.717, 1.165) is 18.8 Å². The molecule has 5 nitrogen and oxygen atoms in total. The normalized spacial score (nSPS) is 24.4. The lowest BCUT2D eigenvalue weighted by atomic mass is 10.2. The molecule has 0 amide bonds. The van der Waals surface area contributed by atoms with Crippen molar-refractivity contribution in [2.24, 2.45) is 5.73 Å². The molecule has 1 aromatic rings. The van der Waals surface area contributed by atoms with Crippen molar-refractivity contribution >= 4 is 5.82 Å². The van der Waals surface area contributed by atoms with Crippen molar-refractivity contribution in [2.75, 3.05) is 11.4 Å². The highest BCUT2D eigenvalue weighted by Crippen LogP contribution is 2.24. The summed E-state index contributed by atoms with van der Waals surface area (Å²) in [5.74, 6) is 1.52. The van der Waals surface area contributed by atoms with Gasteiger partial charge in [0.2, 0.25) is 5.88 Å². The maximum Gasteiger partial charge on any atom is 0.218 e. The van der Waals surface area contributed by atoms with Crippen LogP contribution in [0.25, 0.3) is 0 Å². The van der Waals surface area contributed by atoms with E-state index in [1.807, 2.05) is 19.9 Å². The van der Waals surface area contributed by atoms with Gasteiger partial charge in [-0.2, -0.15) is 0 Å². The minimum atomic E-state index is 0.121. The number of hydrogen-bond acceptors (Lipinski definition) is 5. The van der Waals surface area contributed by atoms with Crippen LogP contribution in [0.3, 0.4) is 0 Å². The molecule has 2 N–H and O–H groups in total. The average Bonchev–Trinajstić information content (AvgIpc) is 2.59. The molecule has 17 heavy (non-hydrogen) atoms. The fourth-order valence-corrected chi connectivity index (χ4v) is 2.08. The van der Waals surface area contributed by atoms with Gasteiger partial charge in [-0.1, -0.05) is 0 Å². The largest absolute Gasteiger partial charge is 0.475 e. The van der Waals surface area contributed by atoms with Crippen molar-refractivity contribution in [3.63, 3.8) is 0 Å². The first kappa shape index (κ1) is 12.1. The molecular formula is C12H20N4O. The fourth-order valence-electron chi connectivity index (χ4n) is 2.08. The summed E-state index contributed by atoms with van der Waals surface area (Å²) in [5.41, 5.74) is 6.01. The molecule has 2 unspecified atom stereocenters. The predicted octanol–water partition coefficient (Wildman–Crippen LogP) is 1.19. The van der Waals surface area contributed by atoms with Crippen LogP contribution < -0.4 is 15.4 Å². The fraction of sp³-hybridized carbons (Fsp3) is 0.667. The van der Waals surface area contributed by atoms with Gasteiger partial charge in [0, 0.05) is 24.7 Å². The second-order valence-corrected chi connectivity index (χ2v) is 4.77. The number of ether oxygens (including phenoxy) is 1. The zero-order valence-corrected chi connectivity index (χ0v) is 10.6. The highest BCUT2D eigenvalue weighted by Gasteiger charge is 2.28. The van der Waals surface area contributed by atoms with E-state index in [0.29, 0.717) is 11.9 Å². The van der Waals surface area contributed by atoms with Crippen LogP contribution in [0.4, 0.5) is 5.82 Å². The van der Waals surface area contributed by atoms with Crippen LogP contribution in [0.15, 0.2) is 12.4 Å². The summed E-state index contributed by atoms with van der Waals surface area (Å²) in [6.07, 6.45) is 2.67. The molecule has 0 saturated carbocycles. The number of nitrogens with two attached hydrogens (primary N) is 1. The minimum Gasteiger partial charge on any atom is -0.475 e. The Bertz CT molecular complexity index is 383. The molecule has 1 aliphatic rings. The van der Waals surface area contributed by atoms with E-state index in [9.17, 15) is 0 Å². The summed E-state index contributed by atoms with van der Waals surface area (Å²) in [6.45, 7) is 7.04. The number of anilines is 1. The van der Waals surface area contributed by atoms with E-state index in [1.165, 1.54) is 0 Å². The summed E-state index contributed by atoms with van der Waals surface area (Å²) < 4.78 is 5.57. The van der Waals surface area contributed by atoms with Crippen LogP contribution in [-0.4, -0.2) is 34.7 Å². The molecule has 0 radical (unpaired) electrons. The highest BCUT2D eigenvalue weighted by molar-refractivity contribution is 5.43. The second kappa shape index (κ2) is 4.87. The Kier molecular flexibility index (Phi) is 3.47. The van der Waals surface area contributed by atoms with Gasteiger partial charge in [0.25, 0.3) is 0 Å². The quantitative estimate of drug-likeness (QED) is 0.854. The number of nitrogens with zero attached hydrogens (tertiary/aromatic N) is 3. The first-order valence-corrected chi connectivity index (χ1v) is 6.09. The zero-order chi connectivity index (χ0) is 12.4. The van der Waals surface area contributed by atoms with Gasteiger partial charge in [-0.05, 0) is 27.2 Å². The van der Waals surface area contributed by atoms with E-state index < -0.39 is 0 Å². The summed E-state index contributed by atoms with van der Waals surface area (Å²) >= 11 is 0. The monoisotopic (exact) mass is 236 g/mol. The zero-order valence-electron chi connectivity index (χ0n) is 10.6. The summed E-state index contributed by atoms with van der Waals surface area (Å²) in [6, 6.07) is 2.42. The van der Waals surface area contributed by atoms with Crippen LogP contribution in [0.2, 0.25) is 0 Å². The van der Waals surface area contributed by atoms with E-state index >= 15 is 0 Å². The molecule has 1 aromatic heterocycles. The Labute approximate surface area is 102 Å². The van der Waals surface area contributed by atoms with E-state index in [1.54, 1.807) is 6.33 Å². The van der Waals surface area contributed by atoms with Crippen LogP contribution in [0.5, 0.6) is 5.88 Å². The standard InChI is InChI=1S/C12H20N4O/c1-8(2)17-12-6-11(14-7-15-12)16-5-4-10(13)9(16)3/h6-10H,4-5,13H2,1-3H3. The molecule has 1 saturated heterocycles. The van der Waals surface area contributed by atoms with E-state index in [4.69, 9.17) is 10.5 Å². The van der Waals surface area contributed by atoms with E-state index in [-0.39, 0.29) is 12.1 Å². The average molecular weight is 236 g/mol. The Morgan fingerprint density at radius 3 is 2.82 bits per heavy atom. The summed E-state index contributed by atoms with van der Waals surface area (Å²) in [5, 5.41) is 0. The van der Waals surface area contributed by atoms with Crippen molar-refractivity contribution in [1.82, 2.24) is 9.97 Å². The summed E-state index contributed by atoms with van der Waals surface area (Å²) in [7, 11) is 0. The first-order valence-electron chi connectivity index (χ1n) is 6.09. The molecule has 94 valence electrons. The maximum absolute atomic E-state index is 6.01. The predicted molar refractivity (Wildman–Crippen MR) is 67.2 cm³/mol. The lowest BCUT2D eigenvalue weighted by Crippen LogP contribution is -2.37. The van der Waals surface area contributed by atoms with Crippen LogP contribution >= 0.6 is 0 Å². The molecule has 0 aliphatic carbocycles. The lowest BCUT2D eigenvalue weighted by Gasteiger charge is -2.24. The van der Waals surface area contributed by atoms with Gasteiger partial charge in [-0.25, -0.2) is 9.97 Å². The van der Waals surface area contributed by atoms with Crippen molar-refractivity contribution in [3.05, 3.63) is 12.4 Å². The van der Waals surface area contributed by atoms with Crippen LogP contribution in [-0.2, 0) is 0 Å². The number of aromatic nitrogens is 2. The molecule has 5 heteroatoms. The third-order valence-corrected chi connectivity index (χ3v) is 3.09. The Morgan fingerprint density at radius 1 is 1.47 bits per heavy atom.